The van der Waals surface area contributed by atoms with Crippen LogP contribution in [0.4, 0.5) is 0 Å². The van der Waals surface area contributed by atoms with Crippen molar-refractivity contribution in [3.63, 3.8) is 0 Å². The number of fused-ring (bicyclic) bond motifs is 2. The highest BCUT2D eigenvalue weighted by Crippen LogP contribution is 2.35. The fourth-order valence-electron chi connectivity index (χ4n) is 3.98. The maximum absolute atomic E-state index is 13.3. The number of nitrogens with zero attached hydrogens (tertiary/aromatic N) is 2. The summed E-state index contributed by atoms with van der Waals surface area (Å²) < 4.78 is 11.3. The van der Waals surface area contributed by atoms with Gasteiger partial charge in [-0.3, -0.25) is 4.79 Å². The minimum atomic E-state index is 0.0364. The summed E-state index contributed by atoms with van der Waals surface area (Å²) in [7, 11) is 0. The number of pyridine rings is 1. The Bertz CT molecular complexity index is 1070. The standard InChI is InChI=1S/C23H23N3O3/c24-16-7-9-26(10-8-16)23(27)18-14-20(25-19-4-2-1-3-17(18)19)15-5-6-21-22(13-15)29-12-11-28-21/h1-6,13-14,16H,7-12,24H2. The van der Waals surface area contributed by atoms with Gasteiger partial charge in [0.05, 0.1) is 16.8 Å². The van der Waals surface area contributed by atoms with Gasteiger partial charge in [-0.25, -0.2) is 4.98 Å². The summed E-state index contributed by atoms with van der Waals surface area (Å²) in [6, 6.07) is 15.6. The van der Waals surface area contributed by atoms with Crippen molar-refractivity contribution in [3.8, 4) is 22.8 Å². The molecule has 0 bridgehead atoms. The van der Waals surface area contributed by atoms with E-state index in [1.54, 1.807) is 0 Å². The Morgan fingerprint density at radius 1 is 1.00 bits per heavy atom. The average Bonchev–Trinajstić information content (AvgIpc) is 2.78. The normalized spacial score (nSPS) is 16.8. The largest absolute Gasteiger partial charge is 0.486 e. The Morgan fingerprint density at radius 3 is 2.59 bits per heavy atom. The van der Waals surface area contributed by atoms with Gasteiger partial charge in [0.2, 0.25) is 0 Å². The monoisotopic (exact) mass is 389 g/mol. The summed E-state index contributed by atoms with van der Waals surface area (Å²) in [4.78, 5) is 20.1. The lowest BCUT2D eigenvalue weighted by Crippen LogP contribution is -2.42. The van der Waals surface area contributed by atoms with E-state index >= 15 is 0 Å². The van der Waals surface area contributed by atoms with E-state index < -0.39 is 0 Å². The van der Waals surface area contributed by atoms with Crippen LogP contribution in [-0.4, -0.2) is 48.1 Å². The molecule has 148 valence electrons. The molecule has 6 nitrogen and oxygen atoms in total. The van der Waals surface area contributed by atoms with Gasteiger partial charge in [-0.2, -0.15) is 0 Å². The predicted octanol–water partition coefficient (Wildman–Crippen LogP) is 3.24. The summed E-state index contributed by atoms with van der Waals surface area (Å²) in [5.41, 5.74) is 9.14. The Balaban J connectivity index is 1.58. The van der Waals surface area contributed by atoms with Crippen molar-refractivity contribution in [3.05, 3.63) is 54.1 Å². The van der Waals surface area contributed by atoms with Crippen LogP contribution < -0.4 is 15.2 Å². The molecule has 2 aliphatic rings. The van der Waals surface area contributed by atoms with Gasteiger partial charge in [-0.1, -0.05) is 18.2 Å². The van der Waals surface area contributed by atoms with Crippen molar-refractivity contribution in [1.82, 2.24) is 9.88 Å². The van der Waals surface area contributed by atoms with Crippen molar-refractivity contribution in [2.24, 2.45) is 5.73 Å². The van der Waals surface area contributed by atoms with Gasteiger partial charge in [-0.05, 0) is 43.2 Å². The third kappa shape index (κ3) is 3.40. The molecule has 3 heterocycles. The molecule has 6 heteroatoms. The van der Waals surface area contributed by atoms with E-state index in [1.807, 2.05) is 53.4 Å². The minimum Gasteiger partial charge on any atom is -0.486 e. The summed E-state index contributed by atoms with van der Waals surface area (Å²) >= 11 is 0. The van der Waals surface area contributed by atoms with Gasteiger partial charge < -0.3 is 20.1 Å². The predicted molar refractivity (Wildman–Crippen MR) is 111 cm³/mol. The number of carbonyl (C=O) groups excluding carboxylic acids is 1. The lowest BCUT2D eigenvalue weighted by atomic mass is 10.0. The van der Waals surface area contributed by atoms with Crippen molar-refractivity contribution in [2.75, 3.05) is 26.3 Å². The van der Waals surface area contributed by atoms with E-state index in [9.17, 15) is 4.79 Å². The van der Waals surface area contributed by atoms with Gasteiger partial charge >= 0.3 is 0 Å². The molecule has 0 spiro atoms. The molecule has 0 radical (unpaired) electrons. The average molecular weight is 389 g/mol. The molecule has 2 aromatic carbocycles. The molecule has 5 rings (SSSR count). The smallest absolute Gasteiger partial charge is 0.254 e. The van der Waals surface area contributed by atoms with E-state index in [1.165, 1.54) is 0 Å². The number of benzene rings is 2. The summed E-state index contributed by atoms with van der Waals surface area (Å²) in [5.74, 6) is 1.48. The third-order valence-corrected chi connectivity index (χ3v) is 5.61. The lowest BCUT2D eigenvalue weighted by Gasteiger charge is -2.30. The number of nitrogens with two attached hydrogens (primary N) is 1. The number of hydrogen-bond donors (Lipinski definition) is 1. The molecule has 1 saturated heterocycles. The third-order valence-electron chi connectivity index (χ3n) is 5.61. The molecule has 0 atom stereocenters. The Kier molecular flexibility index (Phi) is 4.56. The number of piperidine rings is 1. The number of ether oxygens (including phenoxy) is 2. The molecule has 1 aromatic heterocycles. The molecular weight excluding hydrogens is 366 g/mol. The number of hydrogen-bond acceptors (Lipinski definition) is 5. The molecule has 2 N–H and O–H groups in total. The molecular formula is C23H23N3O3. The SMILES string of the molecule is NC1CCN(C(=O)c2cc(-c3ccc4c(c3)OCCO4)nc3ccccc23)CC1. The van der Waals surface area contributed by atoms with Crippen LogP contribution in [0.15, 0.2) is 48.5 Å². The van der Waals surface area contributed by atoms with E-state index in [2.05, 4.69) is 0 Å². The zero-order valence-corrected chi connectivity index (χ0v) is 16.1. The van der Waals surface area contributed by atoms with Crippen LogP contribution in [0.2, 0.25) is 0 Å². The first-order chi connectivity index (χ1) is 14.2. The number of carbonyl (C=O) groups is 1. The quantitative estimate of drug-likeness (QED) is 0.728. The highest BCUT2D eigenvalue weighted by Gasteiger charge is 2.24. The Labute approximate surface area is 169 Å². The Morgan fingerprint density at radius 2 is 1.76 bits per heavy atom. The molecule has 0 saturated carbocycles. The van der Waals surface area contributed by atoms with E-state index in [0.29, 0.717) is 37.6 Å². The molecule has 0 unspecified atom stereocenters. The first-order valence-electron chi connectivity index (χ1n) is 10.0. The second-order valence-electron chi connectivity index (χ2n) is 7.56. The van der Waals surface area contributed by atoms with Crippen LogP contribution in [0, 0.1) is 0 Å². The van der Waals surface area contributed by atoms with E-state index in [0.717, 1.165) is 40.8 Å². The van der Waals surface area contributed by atoms with Gasteiger partial charge in [0.1, 0.15) is 13.2 Å². The summed E-state index contributed by atoms with van der Waals surface area (Å²) in [5, 5.41) is 0.869. The van der Waals surface area contributed by atoms with Crippen LogP contribution in [-0.2, 0) is 0 Å². The second-order valence-corrected chi connectivity index (χ2v) is 7.56. The van der Waals surface area contributed by atoms with Gasteiger partial charge in [0.25, 0.3) is 5.91 Å². The fourth-order valence-corrected chi connectivity index (χ4v) is 3.98. The first-order valence-corrected chi connectivity index (χ1v) is 10.0. The number of aromatic nitrogens is 1. The summed E-state index contributed by atoms with van der Waals surface area (Å²) in [6.07, 6.45) is 1.67. The summed E-state index contributed by atoms with van der Waals surface area (Å²) in [6.45, 7) is 2.47. The molecule has 3 aromatic rings. The molecule has 0 aliphatic carbocycles. The minimum absolute atomic E-state index is 0.0364. The number of amides is 1. The van der Waals surface area contributed by atoms with Crippen molar-refractivity contribution < 1.29 is 14.3 Å². The highest BCUT2D eigenvalue weighted by molar-refractivity contribution is 6.07. The number of likely N-dealkylation sites (tertiary alicyclic amines) is 1. The van der Waals surface area contributed by atoms with Crippen LogP contribution in [0.1, 0.15) is 23.2 Å². The van der Waals surface area contributed by atoms with Crippen molar-refractivity contribution >= 4 is 16.8 Å². The maximum Gasteiger partial charge on any atom is 0.254 e. The van der Waals surface area contributed by atoms with Gasteiger partial charge in [0, 0.05) is 30.1 Å². The van der Waals surface area contributed by atoms with Gasteiger partial charge in [0.15, 0.2) is 11.5 Å². The molecule has 2 aliphatic heterocycles. The second kappa shape index (κ2) is 7.37. The Hall–Kier alpha value is -3.12. The zero-order valence-electron chi connectivity index (χ0n) is 16.1. The zero-order chi connectivity index (χ0) is 19.8. The maximum atomic E-state index is 13.3. The molecule has 1 amide bonds. The van der Waals surface area contributed by atoms with Crippen LogP contribution in [0.5, 0.6) is 11.5 Å². The van der Waals surface area contributed by atoms with E-state index in [4.69, 9.17) is 20.2 Å². The first kappa shape index (κ1) is 17.9. The highest BCUT2D eigenvalue weighted by atomic mass is 16.6. The number of para-hydroxylation sites is 1. The van der Waals surface area contributed by atoms with Crippen LogP contribution in [0.25, 0.3) is 22.2 Å². The van der Waals surface area contributed by atoms with Crippen molar-refractivity contribution in [2.45, 2.75) is 18.9 Å². The topological polar surface area (TPSA) is 77.7 Å². The van der Waals surface area contributed by atoms with Gasteiger partial charge in [-0.15, -0.1) is 0 Å². The van der Waals surface area contributed by atoms with Crippen LogP contribution >= 0.6 is 0 Å². The molecule has 1 fully saturated rings. The van der Waals surface area contributed by atoms with Crippen LogP contribution in [0.3, 0.4) is 0 Å². The lowest BCUT2D eigenvalue weighted by molar-refractivity contribution is 0.0716. The van der Waals surface area contributed by atoms with E-state index in [-0.39, 0.29) is 11.9 Å². The van der Waals surface area contributed by atoms with Crippen molar-refractivity contribution in [1.29, 1.82) is 0 Å². The molecule has 29 heavy (non-hydrogen) atoms. The fraction of sp³-hybridized carbons (Fsp3) is 0.304. The number of rotatable bonds is 2.